The molecule has 1 aromatic carbocycles. The molecule has 0 saturated carbocycles. The summed E-state index contributed by atoms with van der Waals surface area (Å²) < 4.78 is 10.5. The number of guanidine groups is 1. The zero-order valence-corrected chi connectivity index (χ0v) is 13.5. The number of nitrogens with zero attached hydrogens (tertiary/aromatic N) is 2. The first-order chi connectivity index (χ1) is 11.2. The van der Waals surface area contributed by atoms with E-state index in [-0.39, 0.29) is 0 Å². The van der Waals surface area contributed by atoms with Crippen LogP contribution in [0.3, 0.4) is 0 Å². The van der Waals surface area contributed by atoms with Crippen molar-refractivity contribution in [3.05, 3.63) is 53.9 Å². The van der Waals surface area contributed by atoms with Crippen molar-refractivity contribution in [1.29, 1.82) is 0 Å². The number of hydrogen-bond donors (Lipinski definition) is 2. The molecule has 6 nitrogen and oxygen atoms in total. The lowest BCUT2D eigenvalue weighted by atomic mass is 10.2. The van der Waals surface area contributed by atoms with E-state index in [9.17, 15) is 0 Å². The highest BCUT2D eigenvalue weighted by Crippen LogP contribution is 2.27. The van der Waals surface area contributed by atoms with Gasteiger partial charge in [-0.05, 0) is 29.8 Å². The fourth-order valence-electron chi connectivity index (χ4n) is 2.08. The number of ether oxygens (including phenoxy) is 2. The van der Waals surface area contributed by atoms with Crippen LogP contribution in [0.2, 0.25) is 0 Å². The van der Waals surface area contributed by atoms with Crippen molar-refractivity contribution >= 4 is 5.96 Å². The number of aliphatic imine (C=N–C) groups is 1. The van der Waals surface area contributed by atoms with Crippen molar-refractivity contribution in [3.8, 4) is 11.5 Å². The number of nitrogens with two attached hydrogens (primary N) is 1. The minimum Gasteiger partial charge on any atom is -0.493 e. The van der Waals surface area contributed by atoms with Gasteiger partial charge in [-0.3, -0.25) is 4.98 Å². The Hall–Kier alpha value is -2.76. The number of nitrogens with one attached hydrogen (secondary N) is 1. The van der Waals surface area contributed by atoms with Crippen LogP contribution in [0.1, 0.15) is 11.3 Å². The standard InChI is InChI=1S/C17H22N4O2/c1-22-15-7-6-13(11-16(15)23-2)12-21-17(18)20-10-8-14-5-3-4-9-19-14/h3-7,9,11H,8,10,12H2,1-2H3,(H3,18,20,21). The molecule has 122 valence electrons. The van der Waals surface area contributed by atoms with Gasteiger partial charge in [0.15, 0.2) is 17.5 Å². The van der Waals surface area contributed by atoms with Crippen molar-refractivity contribution in [3.63, 3.8) is 0 Å². The molecule has 0 fully saturated rings. The molecule has 0 atom stereocenters. The maximum Gasteiger partial charge on any atom is 0.188 e. The Morgan fingerprint density at radius 2 is 2.00 bits per heavy atom. The molecule has 23 heavy (non-hydrogen) atoms. The Morgan fingerprint density at radius 1 is 1.17 bits per heavy atom. The van der Waals surface area contributed by atoms with Gasteiger partial charge in [-0.2, -0.15) is 0 Å². The molecular weight excluding hydrogens is 292 g/mol. The van der Waals surface area contributed by atoms with E-state index in [1.165, 1.54) is 0 Å². The van der Waals surface area contributed by atoms with Crippen LogP contribution >= 0.6 is 0 Å². The number of rotatable bonds is 7. The van der Waals surface area contributed by atoms with E-state index in [2.05, 4.69) is 15.3 Å². The Labute approximate surface area is 136 Å². The average molecular weight is 314 g/mol. The molecule has 0 radical (unpaired) electrons. The molecule has 0 spiro atoms. The van der Waals surface area contributed by atoms with Crippen LogP contribution < -0.4 is 20.5 Å². The average Bonchev–Trinajstić information content (AvgIpc) is 2.60. The predicted octanol–water partition coefficient (Wildman–Crippen LogP) is 1.75. The maximum atomic E-state index is 5.87. The second-order valence-electron chi connectivity index (χ2n) is 4.89. The number of pyridine rings is 1. The highest BCUT2D eigenvalue weighted by Gasteiger charge is 2.04. The monoisotopic (exact) mass is 314 g/mol. The number of hydrogen-bond acceptors (Lipinski definition) is 4. The van der Waals surface area contributed by atoms with Crippen LogP contribution in [0.5, 0.6) is 11.5 Å². The van der Waals surface area contributed by atoms with Gasteiger partial charge in [-0.25, -0.2) is 4.99 Å². The van der Waals surface area contributed by atoms with E-state index < -0.39 is 0 Å². The molecule has 1 heterocycles. The minimum atomic E-state index is 0.413. The summed E-state index contributed by atoms with van der Waals surface area (Å²) in [5, 5.41) is 3.08. The van der Waals surface area contributed by atoms with Crippen molar-refractivity contribution in [2.75, 3.05) is 20.8 Å². The first kappa shape index (κ1) is 16.6. The number of aromatic nitrogens is 1. The van der Waals surface area contributed by atoms with Gasteiger partial charge in [0, 0.05) is 24.9 Å². The van der Waals surface area contributed by atoms with Gasteiger partial charge < -0.3 is 20.5 Å². The lowest BCUT2D eigenvalue weighted by Crippen LogP contribution is -2.33. The first-order valence-electron chi connectivity index (χ1n) is 7.37. The molecule has 2 rings (SSSR count). The van der Waals surface area contributed by atoms with Gasteiger partial charge in [0.25, 0.3) is 0 Å². The van der Waals surface area contributed by atoms with Crippen LogP contribution in [-0.4, -0.2) is 31.7 Å². The summed E-state index contributed by atoms with van der Waals surface area (Å²) >= 11 is 0. The molecule has 0 bridgehead atoms. The molecule has 0 amide bonds. The van der Waals surface area contributed by atoms with E-state index >= 15 is 0 Å². The molecule has 3 N–H and O–H groups in total. The topological polar surface area (TPSA) is 81.8 Å². The normalized spacial score (nSPS) is 11.1. The number of methoxy groups -OCH3 is 2. The SMILES string of the molecule is COc1ccc(CN=C(N)NCCc2ccccn2)cc1OC. The van der Waals surface area contributed by atoms with E-state index in [1.54, 1.807) is 20.4 Å². The lowest BCUT2D eigenvalue weighted by Gasteiger charge is -2.09. The molecule has 0 aliphatic heterocycles. The second-order valence-corrected chi connectivity index (χ2v) is 4.89. The molecule has 2 aromatic rings. The molecule has 0 aliphatic rings. The van der Waals surface area contributed by atoms with E-state index in [0.29, 0.717) is 30.5 Å². The third-order valence-electron chi connectivity index (χ3n) is 3.29. The van der Waals surface area contributed by atoms with Gasteiger partial charge >= 0.3 is 0 Å². The molecule has 6 heteroatoms. The summed E-state index contributed by atoms with van der Waals surface area (Å²) in [7, 11) is 3.22. The van der Waals surface area contributed by atoms with Crippen LogP contribution in [0.15, 0.2) is 47.6 Å². The largest absolute Gasteiger partial charge is 0.493 e. The van der Waals surface area contributed by atoms with Crippen molar-refractivity contribution in [2.45, 2.75) is 13.0 Å². The maximum absolute atomic E-state index is 5.87. The quantitative estimate of drug-likeness (QED) is 0.601. The van der Waals surface area contributed by atoms with Crippen LogP contribution in [-0.2, 0) is 13.0 Å². The molecule has 1 aromatic heterocycles. The molecule has 0 unspecified atom stereocenters. The van der Waals surface area contributed by atoms with Gasteiger partial charge in [0.05, 0.1) is 20.8 Å². The Balaban J connectivity index is 1.84. The van der Waals surface area contributed by atoms with Gasteiger partial charge in [0.2, 0.25) is 0 Å². The van der Waals surface area contributed by atoms with E-state index in [4.69, 9.17) is 15.2 Å². The van der Waals surface area contributed by atoms with Crippen molar-refractivity contribution < 1.29 is 9.47 Å². The minimum absolute atomic E-state index is 0.413. The summed E-state index contributed by atoms with van der Waals surface area (Å²) in [6, 6.07) is 11.5. The lowest BCUT2D eigenvalue weighted by molar-refractivity contribution is 0.354. The van der Waals surface area contributed by atoms with Crippen LogP contribution in [0.4, 0.5) is 0 Å². The summed E-state index contributed by atoms with van der Waals surface area (Å²) in [6.45, 7) is 1.17. The smallest absolute Gasteiger partial charge is 0.188 e. The fraction of sp³-hybridized carbons (Fsp3) is 0.294. The Morgan fingerprint density at radius 3 is 2.70 bits per heavy atom. The van der Waals surface area contributed by atoms with Gasteiger partial charge in [-0.15, -0.1) is 0 Å². The summed E-state index contributed by atoms with van der Waals surface area (Å²) in [4.78, 5) is 8.58. The third kappa shape index (κ3) is 5.18. The zero-order valence-electron chi connectivity index (χ0n) is 13.5. The molecular formula is C17H22N4O2. The predicted molar refractivity (Wildman–Crippen MR) is 90.8 cm³/mol. The highest BCUT2D eigenvalue weighted by atomic mass is 16.5. The highest BCUT2D eigenvalue weighted by molar-refractivity contribution is 5.77. The molecule has 0 saturated heterocycles. The van der Waals surface area contributed by atoms with E-state index in [0.717, 1.165) is 17.7 Å². The van der Waals surface area contributed by atoms with E-state index in [1.807, 2.05) is 36.4 Å². The van der Waals surface area contributed by atoms with Crippen molar-refractivity contribution in [2.24, 2.45) is 10.7 Å². The Kier molecular flexibility index (Phi) is 6.23. The third-order valence-corrected chi connectivity index (χ3v) is 3.29. The Bertz CT molecular complexity index is 644. The van der Waals surface area contributed by atoms with Gasteiger partial charge in [0.1, 0.15) is 0 Å². The number of benzene rings is 1. The van der Waals surface area contributed by atoms with Gasteiger partial charge in [-0.1, -0.05) is 12.1 Å². The second kappa shape index (κ2) is 8.63. The van der Waals surface area contributed by atoms with Crippen LogP contribution in [0, 0.1) is 0 Å². The molecule has 0 aliphatic carbocycles. The van der Waals surface area contributed by atoms with Crippen LogP contribution in [0.25, 0.3) is 0 Å². The fourth-order valence-corrected chi connectivity index (χ4v) is 2.08. The summed E-state index contributed by atoms with van der Waals surface area (Å²) in [5.41, 5.74) is 7.89. The summed E-state index contributed by atoms with van der Waals surface area (Å²) in [5.74, 6) is 1.79. The summed E-state index contributed by atoms with van der Waals surface area (Å²) in [6.07, 6.45) is 2.58. The van der Waals surface area contributed by atoms with Crippen molar-refractivity contribution in [1.82, 2.24) is 10.3 Å². The first-order valence-corrected chi connectivity index (χ1v) is 7.37. The zero-order chi connectivity index (χ0) is 16.5.